The largest absolute Gasteiger partial charge is 0.471 e. The molecule has 1 atom stereocenters. The third-order valence-corrected chi connectivity index (χ3v) is 1.37. The number of ether oxygens (including phenoxy) is 1. The van der Waals surface area contributed by atoms with E-state index in [2.05, 4.69) is 5.92 Å². The standard InChI is InChI=1S/C6H6OS/c1-2-5-3-4-6(8)7-5/h1,5H,3-4H2. The van der Waals surface area contributed by atoms with Gasteiger partial charge in [0.05, 0.1) is 0 Å². The van der Waals surface area contributed by atoms with E-state index in [1.165, 1.54) is 0 Å². The first-order valence-electron chi connectivity index (χ1n) is 2.48. The van der Waals surface area contributed by atoms with E-state index in [0.29, 0.717) is 5.05 Å². The van der Waals surface area contributed by atoms with Crippen molar-refractivity contribution in [2.75, 3.05) is 0 Å². The minimum atomic E-state index is -0.0394. The number of hydrogen-bond donors (Lipinski definition) is 0. The lowest BCUT2D eigenvalue weighted by molar-refractivity contribution is 0.285. The summed E-state index contributed by atoms with van der Waals surface area (Å²) in [7, 11) is 0. The summed E-state index contributed by atoms with van der Waals surface area (Å²) in [5.74, 6) is 2.48. The molecule has 0 aliphatic carbocycles. The van der Waals surface area contributed by atoms with E-state index in [4.69, 9.17) is 23.4 Å². The Morgan fingerprint density at radius 3 is 2.88 bits per heavy atom. The fourth-order valence-corrected chi connectivity index (χ4v) is 0.877. The average Bonchev–Trinajstić information content (AvgIpc) is 2.14. The molecule has 0 N–H and O–H groups in total. The van der Waals surface area contributed by atoms with Gasteiger partial charge in [-0.05, 0) is 12.2 Å². The van der Waals surface area contributed by atoms with Gasteiger partial charge in [-0.25, -0.2) is 0 Å². The number of rotatable bonds is 0. The highest BCUT2D eigenvalue weighted by atomic mass is 32.1. The molecule has 2 heteroatoms. The normalized spacial score (nSPS) is 26.9. The smallest absolute Gasteiger partial charge is 0.161 e. The number of hydrogen-bond acceptors (Lipinski definition) is 2. The quantitative estimate of drug-likeness (QED) is 0.355. The fraction of sp³-hybridized carbons (Fsp3) is 0.500. The van der Waals surface area contributed by atoms with Gasteiger partial charge in [0.2, 0.25) is 0 Å². The highest BCUT2D eigenvalue weighted by molar-refractivity contribution is 7.80. The van der Waals surface area contributed by atoms with Crippen LogP contribution in [0.2, 0.25) is 0 Å². The van der Waals surface area contributed by atoms with Crippen LogP contribution in [0.4, 0.5) is 0 Å². The topological polar surface area (TPSA) is 9.23 Å². The second kappa shape index (κ2) is 2.15. The van der Waals surface area contributed by atoms with Gasteiger partial charge >= 0.3 is 0 Å². The van der Waals surface area contributed by atoms with Gasteiger partial charge in [0.1, 0.15) is 0 Å². The van der Waals surface area contributed by atoms with Crippen LogP contribution in [0.3, 0.4) is 0 Å². The predicted molar refractivity (Wildman–Crippen MR) is 35.5 cm³/mol. The van der Waals surface area contributed by atoms with Gasteiger partial charge in [-0.1, -0.05) is 5.92 Å². The van der Waals surface area contributed by atoms with Crippen LogP contribution in [0, 0.1) is 12.3 Å². The molecule has 1 heterocycles. The maximum Gasteiger partial charge on any atom is 0.161 e. The van der Waals surface area contributed by atoms with Crippen LogP contribution in [0.1, 0.15) is 12.8 Å². The van der Waals surface area contributed by atoms with Gasteiger partial charge in [-0.3, -0.25) is 0 Å². The fourth-order valence-electron chi connectivity index (χ4n) is 0.643. The Bertz CT molecular complexity index is 145. The van der Waals surface area contributed by atoms with Crippen LogP contribution in [0.25, 0.3) is 0 Å². The maximum atomic E-state index is 5.06. The Morgan fingerprint density at radius 1 is 1.88 bits per heavy atom. The first-order chi connectivity index (χ1) is 3.83. The molecule has 42 valence electrons. The van der Waals surface area contributed by atoms with Crippen LogP contribution in [-0.2, 0) is 4.74 Å². The molecule has 1 aliphatic rings. The van der Waals surface area contributed by atoms with Gasteiger partial charge in [0.25, 0.3) is 0 Å². The summed E-state index contributed by atoms with van der Waals surface area (Å²) >= 11 is 4.74. The van der Waals surface area contributed by atoms with Crippen molar-refractivity contribution in [2.45, 2.75) is 18.9 Å². The van der Waals surface area contributed by atoms with E-state index < -0.39 is 0 Å². The van der Waals surface area contributed by atoms with E-state index in [1.54, 1.807) is 0 Å². The molecule has 0 spiro atoms. The molecule has 0 aromatic heterocycles. The zero-order chi connectivity index (χ0) is 5.98. The second-order valence-corrected chi connectivity index (χ2v) is 2.14. The molecule has 0 radical (unpaired) electrons. The van der Waals surface area contributed by atoms with Gasteiger partial charge in [0, 0.05) is 12.8 Å². The minimum absolute atomic E-state index is 0.0394. The summed E-state index contributed by atoms with van der Waals surface area (Å²) in [5, 5.41) is 0.660. The highest BCUT2D eigenvalue weighted by Crippen LogP contribution is 2.13. The summed E-state index contributed by atoms with van der Waals surface area (Å²) < 4.78 is 5.01. The van der Waals surface area contributed by atoms with Crippen molar-refractivity contribution in [2.24, 2.45) is 0 Å². The van der Waals surface area contributed by atoms with Gasteiger partial charge < -0.3 is 4.74 Å². The van der Waals surface area contributed by atoms with Crippen molar-refractivity contribution in [1.29, 1.82) is 0 Å². The molecule has 1 rings (SSSR count). The predicted octanol–water partition coefficient (Wildman–Crippen LogP) is 1.13. The number of terminal acetylenes is 1. The molecule has 1 unspecified atom stereocenters. The summed E-state index contributed by atoms with van der Waals surface area (Å²) in [6, 6.07) is 0. The van der Waals surface area contributed by atoms with Crippen LogP contribution in [0.5, 0.6) is 0 Å². The molecule has 1 nitrogen and oxygen atoms in total. The Hall–Kier alpha value is -0.550. The highest BCUT2D eigenvalue weighted by Gasteiger charge is 2.16. The molecular formula is C6H6OS. The van der Waals surface area contributed by atoms with Crippen molar-refractivity contribution < 1.29 is 4.74 Å². The minimum Gasteiger partial charge on any atom is -0.471 e. The van der Waals surface area contributed by atoms with E-state index in [0.717, 1.165) is 12.8 Å². The number of thiocarbonyl (C=S) groups is 1. The molecular weight excluding hydrogens is 120 g/mol. The van der Waals surface area contributed by atoms with Gasteiger partial charge in [-0.2, -0.15) is 0 Å². The second-order valence-electron chi connectivity index (χ2n) is 1.68. The average molecular weight is 126 g/mol. The van der Waals surface area contributed by atoms with E-state index in [9.17, 15) is 0 Å². The molecule has 1 saturated heterocycles. The molecule has 1 fully saturated rings. The van der Waals surface area contributed by atoms with Crippen molar-refractivity contribution in [3.8, 4) is 12.3 Å². The van der Waals surface area contributed by atoms with Crippen molar-refractivity contribution in [1.82, 2.24) is 0 Å². The maximum absolute atomic E-state index is 5.06. The molecule has 0 aromatic carbocycles. The molecule has 0 saturated carbocycles. The van der Waals surface area contributed by atoms with E-state index in [1.807, 2.05) is 0 Å². The summed E-state index contributed by atoms with van der Waals surface area (Å²) in [5.41, 5.74) is 0. The Morgan fingerprint density at radius 2 is 2.62 bits per heavy atom. The third kappa shape index (κ3) is 0.988. The summed E-state index contributed by atoms with van der Waals surface area (Å²) in [6.07, 6.45) is 6.77. The van der Waals surface area contributed by atoms with Crippen LogP contribution < -0.4 is 0 Å². The Balaban J connectivity index is 2.47. The molecule has 0 amide bonds. The first-order valence-corrected chi connectivity index (χ1v) is 2.89. The monoisotopic (exact) mass is 126 g/mol. The zero-order valence-corrected chi connectivity index (χ0v) is 5.20. The zero-order valence-electron chi connectivity index (χ0n) is 4.39. The third-order valence-electron chi connectivity index (χ3n) is 1.07. The van der Waals surface area contributed by atoms with Crippen molar-refractivity contribution in [3.63, 3.8) is 0 Å². The van der Waals surface area contributed by atoms with Gasteiger partial charge in [0.15, 0.2) is 11.2 Å². The van der Waals surface area contributed by atoms with Gasteiger partial charge in [-0.15, -0.1) is 6.42 Å². The van der Waals surface area contributed by atoms with Crippen LogP contribution >= 0.6 is 12.2 Å². The lowest BCUT2D eigenvalue weighted by Crippen LogP contribution is -2.00. The Labute approximate surface area is 54.0 Å². The lowest BCUT2D eigenvalue weighted by Gasteiger charge is -1.97. The molecule has 0 aromatic rings. The molecule has 1 aliphatic heterocycles. The Kier molecular flexibility index (Phi) is 1.50. The lowest BCUT2D eigenvalue weighted by atomic mass is 10.2. The van der Waals surface area contributed by atoms with E-state index in [-0.39, 0.29) is 6.10 Å². The molecule has 8 heavy (non-hydrogen) atoms. The summed E-state index contributed by atoms with van der Waals surface area (Å²) in [4.78, 5) is 0. The van der Waals surface area contributed by atoms with Crippen LogP contribution in [-0.4, -0.2) is 11.2 Å². The SMILES string of the molecule is C#CC1CCC(=S)O1. The van der Waals surface area contributed by atoms with Crippen molar-refractivity contribution in [3.05, 3.63) is 0 Å². The molecule has 0 bridgehead atoms. The van der Waals surface area contributed by atoms with E-state index >= 15 is 0 Å². The van der Waals surface area contributed by atoms with Crippen molar-refractivity contribution >= 4 is 17.3 Å². The summed E-state index contributed by atoms with van der Waals surface area (Å²) in [6.45, 7) is 0. The first kappa shape index (κ1) is 5.58. The van der Waals surface area contributed by atoms with Crippen LogP contribution in [0.15, 0.2) is 0 Å².